The Morgan fingerprint density at radius 2 is 2.19 bits per heavy atom. The first-order valence-electron chi connectivity index (χ1n) is 8.57. The summed E-state index contributed by atoms with van der Waals surface area (Å²) in [6, 6.07) is 0.892. The van der Waals surface area contributed by atoms with Crippen LogP contribution < -0.4 is 11.1 Å². The summed E-state index contributed by atoms with van der Waals surface area (Å²) in [7, 11) is 0. The van der Waals surface area contributed by atoms with Crippen LogP contribution in [0, 0.1) is 24.6 Å². The Bertz CT molecular complexity index is 1040. The van der Waals surface area contributed by atoms with E-state index in [-0.39, 0.29) is 17.5 Å². The van der Waals surface area contributed by atoms with Crippen molar-refractivity contribution in [1.82, 2.24) is 10.3 Å². The maximum atomic E-state index is 15.0. The van der Waals surface area contributed by atoms with Gasteiger partial charge in [-0.1, -0.05) is 23.6 Å². The number of primary amides is 1. The Balaban J connectivity index is 2.16. The molecule has 5 nitrogen and oxygen atoms in total. The number of hydrogen-bond acceptors (Lipinski definition) is 2. The minimum absolute atomic E-state index is 0.0562. The molecule has 0 saturated carbocycles. The molecule has 1 aromatic heterocycles. The van der Waals surface area contributed by atoms with Crippen LogP contribution in [-0.2, 0) is 4.79 Å². The van der Waals surface area contributed by atoms with E-state index in [9.17, 15) is 14.0 Å². The lowest BCUT2D eigenvalue weighted by molar-refractivity contribution is -0.116. The van der Waals surface area contributed by atoms with Crippen LogP contribution in [0.3, 0.4) is 0 Å². The number of benzene rings is 1. The van der Waals surface area contributed by atoms with Gasteiger partial charge in [-0.2, -0.15) is 0 Å². The molecule has 0 saturated heterocycles. The molecule has 2 aromatic rings. The summed E-state index contributed by atoms with van der Waals surface area (Å²) in [6.45, 7) is 3.33. The quantitative estimate of drug-likeness (QED) is 0.704. The van der Waals surface area contributed by atoms with E-state index >= 15 is 0 Å². The van der Waals surface area contributed by atoms with E-state index in [1.54, 1.807) is 13.8 Å². The number of nitrogens with one attached hydrogen (secondary N) is 2. The maximum Gasteiger partial charge on any atom is 0.296 e. The minimum atomic E-state index is -0.732. The molecular formula is C20H19ClFN3O2. The third kappa shape index (κ3) is 3.56. The van der Waals surface area contributed by atoms with Gasteiger partial charge < -0.3 is 16.0 Å². The Morgan fingerprint density at radius 1 is 1.44 bits per heavy atom. The summed E-state index contributed by atoms with van der Waals surface area (Å²) in [4.78, 5) is 26.5. The second kappa shape index (κ2) is 7.45. The maximum absolute atomic E-state index is 15.0. The average Bonchev–Trinajstić information content (AvgIpc) is 2.90. The normalized spacial score (nSPS) is 16.4. The van der Waals surface area contributed by atoms with Gasteiger partial charge in [-0.25, -0.2) is 4.39 Å². The van der Waals surface area contributed by atoms with Crippen LogP contribution in [0.2, 0.25) is 5.02 Å². The second-order valence-electron chi connectivity index (χ2n) is 6.50. The van der Waals surface area contributed by atoms with Crippen molar-refractivity contribution in [2.24, 2.45) is 5.73 Å². The molecule has 0 fully saturated rings. The Labute approximate surface area is 161 Å². The number of carbonyl (C=O) groups is 2. The Morgan fingerprint density at radius 3 is 2.85 bits per heavy atom. The lowest BCUT2D eigenvalue weighted by atomic mass is 9.88. The Hall–Kier alpha value is -2.78. The molecule has 0 unspecified atom stereocenters. The van der Waals surface area contributed by atoms with Gasteiger partial charge >= 0.3 is 0 Å². The topological polar surface area (TPSA) is 88.0 Å². The van der Waals surface area contributed by atoms with Crippen LogP contribution in [0.15, 0.2) is 12.1 Å². The fraction of sp³-hybridized carbons (Fsp3) is 0.300. The SMILES string of the molecule is CC#CC(=O)N[C@H]1C=C(c2c(F)cc(C(N)=O)c3[nH]c(C)c(Cl)c23)CCC1. The third-order valence-corrected chi connectivity index (χ3v) is 5.12. The average molecular weight is 388 g/mol. The number of aromatic amines is 1. The molecule has 7 heteroatoms. The van der Waals surface area contributed by atoms with Gasteiger partial charge in [0.15, 0.2) is 0 Å². The second-order valence-corrected chi connectivity index (χ2v) is 6.88. The zero-order chi connectivity index (χ0) is 19.7. The zero-order valence-electron chi connectivity index (χ0n) is 15.0. The number of H-pyrrole nitrogens is 1. The number of hydrogen-bond donors (Lipinski definition) is 3. The van der Waals surface area contributed by atoms with E-state index in [0.717, 1.165) is 24.5 Å². The van der Waals surface area contributed by atoms with E-state index in [0.29, 0.717) is 33.6 Å². The lowest BCUT2D eigenvalue weighted by Crippen LogP contribution is -2.33. The molecule has 3 rings (SSSR count). The van der Waals surface area contributed by atoms with Crippen LogP contribution in [0.4, 0.5) is 4.39 Å². The van der Waals surface area contributed by atoms with Gasteiger partial charge in [-0.15, -0.1) is 0 Å². The summed E-state index contributed by atoms with van der Waals surface area (Å²) in [5.41, 5.74) is 7.57. The predicted octanol–water partition coefficient (Wildman–Crippen LogP) is 3.44. The van der Waals surface area contributed by atoms with E-state index in [4.69, 9.17) is 17.3 Å². The number of halogens is 2. The van der Waals surface area contributed by atoms with Crippen LogP contribution in [0.25, 0.3) is 16.5 Å². The predicted molar refractivity (Wildman–Crippen MR) is 104 cm³/mol. The van der Waals surface area contributed by atoms with Crippen molar-refractivity contribution in [3.8, 4) is 11.8 Å². The lowest BCUT2D eigenvalue weighted by Gasteiger charge is -2.22. The van der Waals surface area contributed by atoms with Gasteiger partial charge in [0.2, 0.25) is 0 Å². The molecule has 0 aliphatic heterocycles. The smallest absolute Gasteiger partial charge is 0.296 e. The Kier molecular flexibility index (Phi) is 5.24. The standard InChI is InChI=1S/C20H19ClFN3O2/c1-3-5-15(26)25-12-7-4-6-11(8-12)16-14(22)9-13(20(23)27)19-17(16)18(21)10(2)24-19/h8-9,12,24H,4,6-7H2,1-2H3,(H2,23,27)(H,25,26)/t12-/m1/s1. The first-order valence-corrected chi connectivity index (χ1v) is 8.95. The zero-order valence-corrected chi connectivity index (χ0v) is 15.8. The molecule has 1 heterocycles. The molecule has 1 aliphatic rings. The van der Waals surface area contributed by atoms with Crippen molar-refractivity contribution in [2.75, 3.05) is 0 Å². The molecular weight excluding hydrogens is 369 g/mol. The van der Waals surface area contributed by atoms with Gasteiger partial charge in [-0.05, 0) is 50.7 Å². The van der Waals surface area contributed by atoms with Gasteiger partial charge in [0.05, 0.1) is 16.1 Å². The minimum Gasteiger partial charge on any atom is -0.366 e. The van der Waals surface area contributed by atoms with Crippen LogP contribution >= 0.6 is 11.6 Å². The summed E-state index contributed by atoms with van der Waals surface area (Å²) in [5.74, 6) is 3.32. The van der Waals surface area contributed by atoms with Crippen molar-refractivity contribution in [3.05, 3.63) is 39.8 Å². The number of allylic oxidation sites excluding steroid dienone is 1. The van der Waals surface area contributed by atoms with Crippen molar-refractivity contribution in [2.45, 2.75) is 39.2 Å². The molecule has 1 aliphatic carbocycles. The van der Waals surface area contributed by atoms with Gasteiger partial charge in [0.25, 0.3) is 11.8 Å². The molecule has 140 valence electrons. The molecule has 1 aromatic carbocycles. The fourth-order valence-electron chi connectivity index (χ4n) is 3.50. The van der Waals surface area contributed by atoms with Gasteiger partial charge in [-0.3, -0.25) is 9.59 Å². The summed E-state index contributed by atoms with van der Waals surface area (Å²) in [6.07, 6.45) is 3.98. The van der Waals surface area contributed by atoms with Crippen molar-refractivity contribution >= 4 is 39.9 Å². The largest absolute Gasteiger partial charge is 0.366 e. The monoisotopic (exact) mass is 387 g/mol. The highest BCUT2D eigenvalue weighted by Gasteiger charge is 2.25. The number of aromatic nitrogens is 1. The molecule has 4 N–H and O–H groups in total. The number of rotatable bonds is 3. The van der Waals surface area contributed by atoms with E-state index in [2.05, 4.69) is 22.1 Å². The van der Waals surface area contributed by atoms with Crippen LogP contribution in [0.1, 0.15) is 47.8 Å². The van der Waals surface area contributed by atoms with Crippen molar-refractivity contribution in [1.29, 1.82) is 0 Å². The first-order chi connectivity index (χ1) is 12.8. The number of amides is 2. The third-order valence-electron chi connectivity index (χ3n) is 4.65. The van der Waals surface area contributed by atoms with Gasteiger partial charge in [0.1, 0.15) is 5.82 Å². The summed E-state index contributed by atoms with van der Waals surface area (Å²) >= 11 is 6.41. The molecule has 2 amide bonds. The fourth-order valence-corrected chi connectivity index (χ4v) is 3.74. The summed E-state index contributed by atoms with van der Waals surface area (Å²) < 4.78 is 15.0. The number of nitrogens with two attached hydrogens (primary N) is 1. The molecule has 0 spiro atoms. The highest BCUT2D eigenvalue weighted by molar-refractivity contribution is 6.37. The summed E-state index contributed by atoms with van der Waals surface area (Å²) in [5, 5.41) is 3.60. The first kappa shape index (κ1) is 19.0. The highest BCUT2D eigenvalue weighted by Crippen LogP contribution is 2.40. The van der Waals surface area contributed by atoms with E-state index < -0.39 is 11.7 Å². The van der Waals surface area contributed by atoms with E-state index in [1.807, 2.05) is 6.08 Å². The molecule has 1 atom stereocenters. The number of fused-ring (bicyclic) bond motifs is 1. The van der Waals surface area contributed by atoms with E-state index in [1.165, 1.54) is 0 Å². The van der Waals surface area contributed by atoms with Gasteiger partial charge in [0, 0.05) is 22.7 Å². The van der Waals surface area contributed by atoms with Crippen LogP contribution in [0.5, 0.6) is 0 Å². The molecule has 0 radical (unpaired) electrons. The van der Waals surface area contributed by atoms with Crippen molar-refractivity contribution in [3.63, 3.8) is 0 Å². The van der Waals surface area contributed by atoms with Crippen molar-refractivity contribution < 1.29 is 14.0 Å². The number of carbonyl (C=O) groups excluding carboxylic acids is 2. The highest BCUT2D eigenvalue weighted by atomic mass is 35.5. The molecule has 27 heavy (non-hydrogen) atoms. The van der Waals surface area contributed by atoms with Crippen LogP contribution in [-0.4, -0.2) is 22.8 Å². The molecule has 0 bridgehead atoms. The number of aryl methyl sites for hydroxylation is 1.